The van der Waals surface area contributed by atoms with Gasteiger partial charge in [0.25, 0.3) is 0 Å². The third kappa shape index (κ3) is 2.57. The zero-order chi connectivity index (χ0) is 14.3. The standard InChI is InChI=1S/C16H13BrClFO/c1-9-6-11-7-10(2-5-15(11)20-9)16(17)13-8-12(18)3-4-14(13)19/h2-5,7-9,16H,6H2,1H3. The molecule has 2 atom stereocenters. The Morgan fingerprint density at radius 1 is 1.30 bits per heavy atom. The normalized spacial score (nSPS) is 18.5. The van der Waals surface area contributed by atoms with E-state index in [4.69, 9.17) is 16.3 Å². The molecule has 2 aromatic carbocycles. The molecule has 0 radical (unpaired) electrons. The zero-order valence-electron chi connectivity index (χ0n) is 10.9. The number of rotatable bonds is 2. The van der Waals surface area contributed by atoms with Crippen LogP contribution in [0.5, 0.6) is 5.75 Å². The Morgan fingerprint density at radius 2 is 2.10 bits per heavy atom. The van der Waals surface area contributed by atoms with Gasteiger partial charge in [0.2, 0.25) is 0 Å². The first-order chi connectivity index (χ1) is 9.54. The van der Waals surface area contributed by atoms with Gasteiger partial charge in [-0.2, -0.15) is 0 Å². The number of hydrogen-bond acceptors (Lipinski definition) is 1. The third-order valence-electron chi connectivity index (χ3n) is 3.44. The van der Waals surface area contributed by atoms with Crippen molar-refractivity contribution in [2.75, 3.05) is 0 Å². The Balaban J connectivity index is 1.97. The van der Waals surface area contributed by atoms with Gasteiger partial charge < -0.3 is 4.74 Å². The maximum atomic E-state index is 13.9. The minimum Gasteiger partial charge on any atom is -0.490 e. The molecule has 3 rings (SSSR count). The lowest BCUT2D eigenvalue weighted by Gasteiger charge is -2.13. The largest absolute Gasteiger partial charge is 0.490 e. The van der Waals surface area contributed by atoms with Crippen LogP contribution in [-0.4, -0.2) is 6.10 Å². The van der Waals surface area contributed by atoms with E-state index in [1.54, 1.807) is 12.1 Å². The highest BCUT2D eigenvalue weighted by Crippen LogP contribution is 2.37. The average molecular weight is 356 g/mol. The highest BCUT2D eigenvalue weighted by Gasteiger charge is 2.22. The average Bonchev–Trinajstić information content (AvgIpc) is 2.79. The molecule has 0 bridgehead atoms. The van der Waals surface area contributed by atoms with E-state index >= 15 is 0 Å². The Kier molecular flexibility index (Phi) is 3.74. The lowest BCUT2D eigenvalue weighted by Crippen LogP contribution is -2.05. The highest BCUT2D eigenvalue weighted by atomic mass is 79.9. The molecule has 0 saturated heterocycles. The van der Waals surface area contributed by atoms with Gasteiger partial charge in [0, 0.05) is 17.0 Å². The maximum absolute atomic E-state index is 13.9. The topological polar surface area (TPSA) is 9.23 Å². The van der Waals surface area contributed by atoms with E-state index in [9.17, 15) is 4.39 Å². The van der Waals surface area contributed by atoms with E-state index in [2.05, 4.69) is 22.0 Å². The first-order valence-corrected chi connectivity index (χ1v) is 7.72. The molecule has 1 aliphatic rings. The van der Waals surface area contributed by atoms with Crippen LogP contribution in [0.25, 0.3) is 0 Å². The van der Waals surface area contributed by atoms with Gasteiger partial charge >= 0.3 is 0 Å². The van der Waals surface area contributed by atoms with Crippen molar-refractivity contribution in [1.82, 2.24) is 0 Å². The van der Waals surface area contributed by atoms with Crippen LogP contribution < -0.4 is 4.74 Å². The van der Waals surface area contributed by atoms with Gasteiger partial charge in [-0.3, -0.25) is 0 Å². The highest BCUT2D eigenvalue weighted by molar-refractivity contribution is 9.09. The Hall–Kier alpha value is -1.06. The molecule has 0 fully saturated rings. The van der Waals surface area contributed by atoms with Gasteiger partial charge in [0.15, 0.2) is 0 Å². The fraction of sp³-hybridized carbons (Fsp3) is 0.250. The fourth-order valence-corrected chi connectivity index (χ4v) is 3.30. The molecule has 0 aliphatic carbocycles. The minimum atomic E-state index is -0.263. The summed E-state index contributed by atoms with van der Waals surface area (Å²) in [7, 11) is 0. The lowest BCUT2D eigenvalue weighted by molar-refractivity contribution is 0.254. The molecule has 1 nitrogen and oxygen atoms in total. The van der Waals surface area contributed by atoms with Crippen molar-refractivity contribution in [3.8, 4) is 5.75 Å². The van der Waals surface area contributed by atoms with Crippen LogP contribution >= 0.6 is 27.5 Å². The predicted octanol–water partition coefficient (Wildman–Crippen LogP) is 5.29. The van der Waals surface area contributed by atoms with E-state index in [0.29, 0.717) is 10.6 Å². The van der Waals surface area contributed by atoms with Gasteiger partial charge in [0.1, 0.15) is 17.7 Å². The van der Waals surface area contributed by atoms with Crippen LogP contribution in [0.4, 0.5) is 4.39 Å². The summed E-state index contributed by atoms with van der Waals surface area (Å²) in [6, 6.07) is 10.6. The van der Waals surface area contributed by atoms with Crippen molar-refractivity contribution in [2.45, 2.75) is 24.3 Å². The predicted molar refractivity (Wildman–Crippen MR) is 82.4 cm³/mol. The summed E-state index contributed by atoms with van der Waals surface area (Å²) in [5, 5.41) is 0.531. The summed E-state index contributed by atoms with van der Waals surface area (Å²) in [6.07, 6.45) is 1.10. The summed E-state index contributed by atoms with van der Waals surface area (Å²) in [5.41, 5.74) is 2.72. The second-order valence-corrected chi connectivity index (χ2v) is 6.38. The zero-order valence-corrected chi connectivity index (χ0v) is 13.2. The van der Waals surface area contributed by atoms with E-state index < -0.39 is 0 Å². The van der Waals surface area contributed by atoms with Crippen molar-refractivity contribution < 1.29 is 9.13 Å². The van der Waals surface area contributed by atoms with Crippen molar-refractivity contribution in [2.24, 2.45) is 0 Å². The molecule has 0 N–H and O–H groups in total. The molecule has 0 spiro atoms. The van der Waals surface area contributed by atoms with Crippen LogP contribution in [0.3, 0.4) is 0 Å². The van der Waals surface area contributed by atoms with E-state index in [-0.39, 0.29) is 16.7 Å². The van der Waals surface area contributed by atoms with Gasteiger partial charge in [0.05, 0.1) is 4.83 Å². The van der Waals surface area contributed by atoms with Gasteiger partial charge in [-0.05, 0) is 42.3 Å². The molecule has 0 amide bonds. The fourth-order valence-electron chi connectivity index (χ4n) is 2.49. The molecule has 1 heterocycles. The van der Waals surface area contributed by atoms with Crippen molar-refractivity contribution >= 4 is 27.5 Å². The van der Waals surface area contributed by atoms with Crippen LogP contribution in [0.15, 0.2) is 36.4 Å². The number of benzene rings is 2. The summed E-state index contributed by atoms with van der Waals surface area (Å²) in [5.74, 6) is 0.661. The van der Waals surface area contributed by atoms with Crippen molar-refractivity contribution in [3.05, 3.63) is 63.9 Å². The molecule has 2 aromatic rings. The van der Waals surface area contributed by atoms with E-state index in [1.807, 2.05) is 19.1 Å². The van der Waals surface area contributed by atoms with Crippen LogP contribution in [0, 0.1) is 5.82 Å². The second kappa shape index (κ2) is 5.38. The molecule has 0 aromatic heterocycles. The quantitative estimate of drug-likeness (QED) is 0.665. The number of fused-ring (bicyclic) bond motifs is 1. The van der Waals surface area contributed by atoms with Crippen molar-refractivity contribution in [3.63, 3.8) is 0 Å². The summed E-state index contributed by atoms with van der Waals surface area (Å²) >= 11 is 9.52. The maximum Gasteiger partial charge on any atom is 0.127 e. The molecule has 20 heavy (non-hydrogen) atoms. The lowest BCUT2D eigenvalue weighted by atomic mass is 10.0. The number of ether oxygens (including phenoxy) is 1. The summed E-state index contributed by atoms with van der Waals surface area (Å²) in [4.78, 5) is -0.220. The Labute approximate surface area is 130 Å². The Morgan fingerprint density at radius 3 is 2.90 bits per heavy atom. The van der Waals surface area contributed by atoms with E-state index in [0.717, 1.165) is 17.7 Å². The second-order valence-electron chi connectivity index (χ2n) is 5.03. The van der Waals surface area contributed by atoms with Crippen LogP contribution in [0.1, 0.15) is 28.4 Å². The summed E-state index contributed by atoms with van der Waals surface area (Å²) in [6.45, 7) is 2.04. The smallest absolute Gasteiger partial charge is 0.127 e. The van der Waals surface area contributed by atoms with Gasteiger partial charge in [-0.15, -0.1) is 0 Å². The third-order valence-corrected chi connectivity index (χ3v) is 4.70. The number of hydrogen-bond donors (Lipinski definition) is 0. The molecule has 0 saturated carbocycles. The van der Waals surface area contributed by atoms with Crippen LogP contribution in [0.2, 0.25) is 5.02 Å². The SMILES string of the molecule is CC1Cc2cc(C(Br)c3cc(Cl)ccc3F)ccc2O1. The molecule has 2 unspecified atom stereocenters. The molecular formula is C16H13BrClFO. The van der Waals surface area contributed by atoms with E-state index in [1.165, 1.54) is 11.6 Å². The number of halogens is 3. The minimum absolute atomic E-state index is 0.205. The molecule has 4 heteroatoms. The monoisotopic (exact) mass is 354 g/mol. The Bertz CT molecular complexity index is 659. The first kappa shape index (κ1) is 13.9. The number of alkyl halides is 1. The molecular weight excluding hydrogens is 343 g/mol. The van der Waals surface area contributed by atoms with Crippen LogP contribution in [-0.2, 0) is 6.42 Å². The van der Waals surface area contributed by atoms with Gasteiger partial charge in [-0.1, -0.05) is 39.7 Å². The van der Waals surface area contributed by atoms with Gasteiger partial charge in [-0.25, -0.2) is 4.39 Å². The first-order valence-electron chi connectivity index (χ1n) is 6.43. The molecule has 1 aliphatic heterocycles. The summed E-state index contributed by atoms with van der Waals surface area (Å²) < 4.78 is 19.6. The molecule has 104 valence electrons. The van der Waals surface area contributed by atoms with Crippen molar-refractivity contribution in [1.29, 1.82) is 0 Å².